The molecule has 0 aromatic heterocycles. The van der Waals surface area contributed by atoms with Gasteiger partial charge in [0.05, 0.1) is 13.2 Å². The minimum Gasteiger partial charge on any atom is -0.462 e. The third-order valence-electron chi connectivity index (χ3n) is 15.2. The van der Waals surface area contributed by atoms with Crippen molar-refractivity contribution in [3.63, 3.8) is 0 Å². The number of ether oxygens (including phenoxy) is 2. The molecule has 0 saturated carbocycles. The highest BCUT2D eigenvalue weighted by molar-refractivity contribution is 7.47. The van der Waals surface area contributed by atoms with Gasteiger partial charge in [0, 0.05) is 19.4 Å². The Bertz CT molecular complexity index is 1230. The van der Waals surface area contributed by atoms with Crippen molar-refractivity contribution in [2.45, 2.75) is 367 Å². The monoisotopic (exact) mass is 1080 g/mol. The highest BCUT2D eigenvalue weighted by atomic mass is 31.2. The van der Waals surface area contributed by atoms with Gasteiger partial charge in [0.15, 0.2) is 6.10 Å². The van der Waals surface area contributed by atoms with Gasteiger partial charge in [-0.15, -0.1) is 0 Å². The predicted molar refractivity (Wildman–Crippen MR) is 321 cm³/mol. The Morgan fingerprint density at radius 2 is 0.653 bits per heavy atom. The van der Waals surface area contributed by atoms with Crippen molar-refractivity contribution >= 4 is 19.8 Å². The van der Waals surface area contributed by atoms with Crippen LogP contribution in [0.1, 0.15) is 361 Å². The smallest absolute Gasteiger partial charge is 0.462 e. The molecule has 0 spiro atoms. The second kappa shape index (κ2) is 62.0. The van der Waals surface area contributed by atoms with Crippen molar-refractivity contribution in [2.75, 3.05) is 26.4 Å². The molecule has 3 N–H and O–H groups in total. The molecule has 0 heterocycles. The average molecular weight is 1080 g/mol. The summed E-state index contributed by atoms with van der Waals surface area (Å²) in [6.45, 7) is 3.80. The van der Waals surface area contributed by atoms with Crippen molar-refractivity contribution < 1.29 is 37.6 Å². The van der Waals surface area contributed by atoms with Crippen LogP contribution in [0, 0.1) is 0 Å². The van der Waals surface area contributed by atoms with Crippen LogP contribution in [0.4, 0.5) is 0 Å². The van der Waals surface area contributed by atoms with Crippen LogP contribution in [0.5, 0.6) is 0 Å². The van der Waals surface area contributed by atoms with E-state index >= 15 is 0 Å². The van der Waals surface area contributed by atoms with E-state index in [1.54, 1.807) is 0 Å². The van der Waals surface area contributed by atoms with Crippen molar-refractivity contribution in [1.29, 1.82) is 0 Å². The van der Waals surface area contributed by atoms with E-state index in [2.05, 4.69) is 26.0 Å². The molecular weight excluding hydrogens is 954 g/mol. The summed E-state index contributed by atoms with van der Waals surface area (Å²) in [5, 5.41) is 0. The Hall–Kier alpha value is -1.25. The Labute approximate surface area is 466 Å². The van der Waals surface area contributed by atoms with E-state index < -0.39 is 26.5 Å². The molecule has 0 fully saturated rings. The van der Waals surface area contributed by atoms with Crippen LogP contribution < -0.4 is 5.73 Å². The fraction of sp³-hybridized carbons (Fsp3) is 0.938. The average Bonchev–Trinajstić information content (AvgIpc) is 3.40. The van der Waals surface area contributed by atoms with Gasteiger partial charge in [0.2, 0.25) is 0 Å². The van der Waals surface area contributed by atoms with E-state index in [0.717, 1.165) is 44.9 Å². The van der Waals surface area contributed by atoms with Crippen LogP contribution in [0.15, 0.2) is 12.2 Å². The van der Waals surface area contributed by atoms with Gasteiger partial charge in [-0.2, -0.15) is 0 Å². The molecule has 2 unspecified atom stereocenters. The third-order valence-corrected chi connectivity index (χ3v) is 16.1. The predicted octanol–water partition coefficient (Wildman–Crippen LogP) is 21.2. The summed E-state index contributed by atoms with van der Waals surface area (Å²) in [5.41, 5.74) is 5.39. The molecule has 0 rings (SSSR count). The zero-order valence-corrected chi connectivity index (χ0v) is 51.0. The summed E-state index contributed by atoms with van der Waals surface area (Å²) in [6, 6.07) is 0. The van der Waals surface area contributed by atoms with E-state index in [1.807, 2.05) is 0 Å². The fourth-order valence-electron chi connectivity index (χ4n) is 10.2. The molecule has 0 bridgehead atoms. The van der Waals surface area contributed by atoms with Gasteiger partial charge >= 0.3 is 19.8 Å². The lowest BCUT2D eigenvalue weighted by molar-refractivity contribution is -0.161. The van der Waals surface area contributed by atoms with Crippen LogP contribution in [-0.4, -0.2) is 49.3 Å². The molecule has 0 aromatic carbocycles. The van der Waals surface area contributed by atoms with Crippen molar-refractivity contribution in [3.8, 4) is 0 Å². The first-order valence-corrected chi connectivity index (χ1v) is 34.7. The lowest BCUT2D eigenvalue weighted by atomic mass is 10.0. The lowest BCUT2D eigenvalue weighted by Crippen LogP contribution is -2.29. The third kappa shape index (κ3) is 61.8. The van der Waals surface area contributed by atoms with Crippen LogP contribution in [0.25, 0.3) is 0 Å². The summed E-state index contributed by atoms with van der Waals surface area (Å²) in [4.78, 5) is 35.2. The first kappa shape index (κ1) is 73.8. The molecule has 0 aliphatic carbocycles. The Balaban J connectivity index is 3.73. The maximum Gasteiger partial charge on any atom is 0.472 e. The van der Waals surface area contributed by atoms with Gasteiger partial charge in [-0.1, -0.05) is 321 Å². The van der Waals surface area contributed by atoms with Gasteiger partial charge in [-0.05, 0) is 38.5 Å². The van der Waals surface area contributed by atoms with E-state index in [4.69, 9.17) is 24.3 Å². The fourth-order valence-corrected chi connectivity index (χ4v) is 11.0. The summed E-state index contributed by atoms with van der Waals surface area (Å²) < 4.78 is 33.1. The second-order valence-electron chi connectivity index (χ2n) is 22.7. The molecule has 0 amide bonds. The summed E-state index contributed by atoms with van der Waals surface area (Å²) in [6.07, 6.45) is 73.2. The molecule has 0 saturated heterocycles. The largest absolute Gasteiger partial charge is 0.472 e. The highest BCUT2D eigenvalue weighted by Crippen LogP contribution is 2.43. The number of esters is 2. The molecule has 75 heavy (non-hydrogen) atoms. The molecule has 10 heteroatoms. The normalized spacial score (nSPS) is 13.0. The number of hydrogen-bond donors (Lipinski definition) is 2. The molecule has 0 aliphatic rings. The van der Waals surface area contributed by atoms with Gasteiger partial charge in [0.25, 0.3) is 0 Å². The maximum atomic E-state index is 12.7. The Morgan fingerprint density at radius 3 is 0.947 bits per heavy atom. The van der Waals surface area contributed by atoms with Gasteiger partial charge < -0.3 is 20.1 Å². The molecule has 0 aromatic rings. The van der Waals surface area contributed by atoms with E-state index in [-0.39, 0.29) is 38.6 Å². The number of nitrogens with two attached hydrogens (primary N) is 1. The summed E-state index contributed by atoms with van der Waals surface area (Å²) >= 11 is 0. The second-order valence-corrected chi connectivity index (χ2v) is 24.2. The standard InChI is InChI=1S/C65H128NO8P/c1-3-5-7-9-11-13-15-17-19-21-22-23-24-25-26-27-28-29-30-31-32-33-34-35-36-37-38-39-40-42-43-45-47-49-51-53-55-57-64(67)71-61-63(62-73-75(69,70)72-60-59-66)74-65(68)58-56-54-52-50-48-46-44-41-20-18-16-14-12-10-8-6-4-2/h18,20,63H,3-17,19,21-62,66H2,1-2H3,(H,69,70)/b20-18-. The number of carbonyl (C=O) groups excluding carboxylic acids is 2. The zero-order chi connectivity index (χ0) is 54.5. The minimum atomic E-state index is -4.38. The summed E-state index contributed by atoms with van der Waals surface area (Å²) in [5.74, 6) is -0.812. The van der Waals surface area contributed by atoms with Crippen molar-refractivity contribution in [2.24, 2.45) is 5.73 Å². The first-order valence-electron chi connectivity index (χ1n) is 33.2. The first-order chi connectivity index (χ1) is 36.8. The van der Waals surface area contributed by atoms with Crippen LogP contribution in [0.2, 0.25) is 0 Å². The molecule has 0 aliphatic heterocycles. The SMILES string of the molecule is CCCCCCCC/C=C\CCCCCCCCCC(=O)OC(COC(=O)CCCCCCCCCCCCCCCCCCCCCCCCCCCCCCCCCCCCCCC)COP(=O)(O)OCCN. The Morgan fingerprint density at radius 1 is 0.387 bits per heavy atom. The number of phosphoric ester groups is 1. The number of rotatable bonds is 64. The van der Waals surface area contributed by atoms with Crippen LogP contribution >= 0.6 is 7.82 Å². The van der Waals surface area contributed by atoms with Crippen molar-refractivity contribution in [1.82, 2.24) is 0 Å². The van der Waals surface area contributed by atoms with Gasteiger partial charge in [-0.25, -0.2) is 4.57 Å². The number of phosphoric acid groups is 1. The zero-order valence-electron chi connectivity index (χ0n) is 50.1. The number of allylic oxidation sites excluding steroid dienone is 2. The Kier molecular flexibility index (Phi) is 60.9. The highest BCUT2D eigenvalue weighted by Gasteiger charge is 2.26. The minimum absolute atomic E-state index is 0.0560. The molecule has 9 nitrogen and oxygen atoms in total. The molecular formula is C65H128NO8P. The topological polar surface area (TPSA) is 134 Å². The van der Waals surface area contributed by atoms with Crippen molar-refractivity contribution in [3.05, 3.63) is 12.2 Å². The molecule has 0 radical (unpaired) electrons. The van der Waals surface area contributed by atoms with E-state index in [9.17, 15) is 19.0 Å². The number of unbranched alkanes of at least 4 members (excludes halogenated alkanes) is 49. The summed E-state index contributed by atoms with van der Waals surface area (Å²) in [7, 11) is -4.38. The number of carbonyl (C=O) groups is 2. The quantitative estimate of drug-likeness (QED) is 0.0264. The van der Waals surface area contributed by atoms with E-state index in [1.165, 1.54) is 283 Å². The van der Waals surface area contributed by atoms with E-state index in [0.29, 0.717) is 6.42 Å². The molecule has 2 atom stereocenters. The van der Waals surface area contributed by atoms with Crippen LogP contribution in [0.3, 0.4) is 0 Å². The van der Waals surface area contributed by atoms with Gasteiger partial charge in [-0.3, -0.25) is 18.6 Å². The van der Waals surface area contributed by atoms with Crippen LogP contribution in [-0.2, 0) is 32.7 Å². The van der Waals surface area contributed by atoms with Gasteiger partial charge in [0.1, 0.15) is 6.61 Å². The maximum absolute atomic E-state index is 12.7. The lowest BCUT2D eigenvalue weighted by Gasteiger charge is -2.19. The number of hydrogen-bond acceptors (Lipinski definition) is 8. The molecule has 446 valence electrons.